The van der Waals surface area contributed by atoms with Crippen LogP contribution in [0.1, 0.15) is 38.3 Å². The minimum Gasteiger partial charge on any atom is -0.350 e. The number of hydrogen-bond donors (Lipinski definition) is 1. The van der Waals surface area contributed by atoms with Gasteiger partial charge in [-0.15, -0.1) is 0 Å². The number of hydrogen-bond acceptors (Lipinski definition) is 1. The number of benzene rings is 1. The van der Waals surface area contributed by atoms with Gasteiger partial charge in [-0.25, -0.2) is 0 Å². The molecule has 0 spiro atoms. The highest BCUT2D eigenvalue weighted by atomic mass is 16.1. The third kappa shape index (κ3) is 3.47. The molecule has 2 rings (SSSR count). The summed E-state index contributed by atoms with van der Waals surface area (Å²) in [4.78, 5) is 11.6. The predicted octanol–water partition coefficient (Wildman–Crippen LogP) is 3.45. The van der Waals surface area contributed by atoms with Gasteiger partial charge in [0.1, 0.15) is 0 Å². The molecule has 0 saturated heterocycles. The number of carbonyl (C=O) groups is 1. The average Bonchev–Trinajstić information content (AvgIpc) is 2.93. The van der Waals surface area contributed by atoms with E-state index in [1.54, 1.807) is 0 Å². The van der Waals surface area contributed by atoms with Crippen LogP contribution in [0, 0.1) is 0 Å². The fourth-order valence-corrected chi connectivity index (χ4v) is 2.07. The molecule has 1 heterocycles. The van der Waals surface area contributed by atoms with Gasteiger partial charge in [-0.1, -0.05) is 19.1 Å². The molecule has 0 aliphatic carbocycles. The van der Waals surface area contributed by atoms with Crippen LogP contribution in [0.5, 0.6) is 0 Å². The molecule has 1 aromatic heterocycles. The van der Waals surface area contributed by atoms with Crippen LogP contribution in [0.15, 0.2) is 48.8 Å². The van der Waals surface area contributed by atoms with Gasteiger partial charge in [0.2, 0.25) is 5.91 Å². The lowest BCUT2D eigenvalue weighted by Gasteiger charge is -2.14. The Morgan fingerprint density at radius 3 is 2.42 bits per heavy atom. The van der Waals surface area contributed by atoms with Crippen LogP contribution in [0.3, 0.4) is 0 Å². The molecule has 3 heteroatoms. The van der Waals surface area contributed by atoms with Crippen LogP contribution in [0.25, 0.3) is 5.69 Å². The van der Waals surface area contributed by atoms with E-state index in [2.05, 4.69) is 34.1 Å². The molecular weight excluding hydrogens is 236 g/mol. The maximum absolute atomic E-state index is 11.6. The zero-order chi connectivity index (χ0) is 13.7. The lowest BCUT2D eigenvalue weighted by molar-refractivity contribution is -0.121. The number of nitrogens with zero attached hydrogens (tertiary/aromatic N) is 1. The van der Waals surface area contributed by atoms with Crippen molar-refractivity contribution in [2.75, 3.05) is 0 Å². The van der Waals surface area contributed by atoms with Crippen molar-refractivity contribution in [1.29, 1.82) is 0 Å². The van der Waals surface area contributed by atoms with E-state index in [1.807, 2.05) is 38.4 Å². The molecular formula is C16H20N2O. The van der Waals surface area contributed by atoms with Crippen LogP contribution >= 0.6 is 0 Å². The molecule has 1 amide bonds. The molecule has 1 N–H and O–H groups in total. The van der Waals surface area contributed by atoms with Gasteiger partial charge in [0.15, 0.2) is 0 Å². The smallest absolute Gasteiger partial charge is 0.220 e. The Labute approximate surface area is 114 Å². The summed E-state index contributed by atoms with van der Waals surface area (Å²) in [6.45, 7) is 4.02. The highest BCUT2D eigenvalue weighted by molar-refractivity contribution is 5.76. The maximum Gasteiger partial charge on any atom is 0.220 e. The van der Waals surface area contributed by atoms with Crippen LogP contribution in [0.2, 0.25) is 0 Å². The summed E-state index contributed by atoms with van der Waals surface area (Å²) in [5, 5.41) is 3.01. The summed E-state index contributed by atoms with van der Waals surface area (Å²) in [5.74, 6) is 0.115. The Morgan fingerprint density at radius 1 is 1.21 bits per heavy atom. The lowest BCUT2D eigenvalue weighted by Crippen LogP contribution is -2.26. The molecule has 0 saturated carbocycles. The highest BCUT2D eigenvalue weighted by Gasteiger charge is 2.08. The van der Waals surface area contributed by atoms with Crippen LogP contribution in [-0.4, -0.2) is 10.5 Å². The predicted molar refractivity (Wildman–Crippen MR) is 77.2 cm³/mol. The minimum absolute atomic E-state index is 0.0535. The average molecular weight is 256 g/mol. The second-order valence-electron chi connectivity index (χ2n) is 4.72. The SMILES string of the molecule is CCCC(=O)NC(C)c1ccc(-n2cccc2)cc1. The highest BCUT2D eigenvalue weighted by Crippen LogP contribution is 2.16. The summed E-state index contributed by atoms with van der Waals surface area (Å²) in [6.07, 6.45) is 5.50. The normalized spacial score (nSPS) is 12.1. The molecule has 0 aliphatic heterocycles. The summed E-state index contributed by atoms with van der Waals surface area (Å²) in [7, 11) is 0. The quantitative estimate of drug-likeness (QED) is 0.873. The number of carbonyl (C=O) groups excluding carboxylic acids is 1. The molecule has 1 aromatic carbocycles. The molecule has 3 nitrogen and oxygen atoms in total. The van der Waals surface area contributed by atoms with Crippen molar-refractivity contribution in [3.05, 3.63) is 54.4 Å². The standard InChI is InChI=1S/C16H20N2O/c1-3-6-16(19)17-13(2)14-7-9-15(10-8-14)18-11-4-5-12-18/h4-5,7-13H,3,6H2,1-2H3,(H,17,19). The van der Waals surface area contributed by atoms with Crippen molar-refractivity contribution in [3.63, 3.8) is 0 Å². The molecule has 19 heavy (non-hydrogen) atoms. The van der Waals surface area contributed by atoms with E-state index >= 15 is 0 Å². The first-order chi connectivity index (χ1) is 9.20. The zero-order valence-electron chi connectivity index (χ0n) is 11.5. The van der Waals surface area contributed by atoms with Crippen LogP contribution < -0.4 is 5.32 Å². The van der Waals surface area contributed by atoms with Crippen molar-refractivity contribution < 1.29 is 4.79 Å². The largest absolute Gasteiger partial charge is 0.350 e. The first-order valence-corrected chi connectivity index (χ1v) is 6.73. The van der Waals surface area contributed by atoms with E-state index in [-0.39, 0.29) is 11.9 Å². The minimum atomic E-state index is 0.0535. The van der Waals surface area contributed by atoms with Gasteiger partial charge < -0.3 is 9.88 Å². The van der Waals surface area contributed by atoms with E-state index in [1.165, 1.54) is 0 Å². The van der Waals surface area contributed by atoms with Crippen molar-refractivity contribution in [2.24, 2.45) is 0 Å². The van der Waals surface area contributed by atoms with Gasteiger partial charge >= 0.3 is 0 Å². The fourth-order valence-electron chi connectivity index (χ4n) is 2.07. The van der Waals surface area contributed by atoms with Crippen LogP contribution in [0.4, 0.5) is 0 Å². The van der Waals surface area contributed by atoms with Gasteiger partial charge in [-0.05, 0) is 43.2 Å². The topological polar surface area (TPSA) is 34.0 Å². The Bertz CT molecular complexity index is 514. The van der Waals surface area contributed by atoms with Crippen molar-refractivity contribution in [1.82, 2.24) is 9.88 Å². The Kier molecular flexibility index (Phi) is 4.39. The number of aromatic nitrogens is 1. The monoisotopic (exact) mass is 256 g/mol. The summed E-state index contributed by atoms with van der Waals surface area (Å²) < 4.78 is 2.06. The maximum atomic E-state index is 11.6. The second-order valence-corrected chi connectivity index (χ2v) is 4.72. The van der Waals surface area contributed by atoms with Gasteiger partial charge in [-0.3, -0.25) is 4.79 Å². The summed E-state index contributed by atoms with van der Waals surface area (Å²) in [6, 6.07) is 12.3. The number of nitrogens with one attached hydrogen (secondary N) is 1. The van der Waals surface area contributed by atoms with E-state index in [4.69, 9.17) is 0 Å². The Morgan fingerprint density at radius 2 is 1.84 bits per heavy atom. The fraction of sp³-hybridized carbons (Fsp3) is 0.312. The molecule has 1 atom stereocenters. The molecule has 2 aromatic rings. The van der Waals surface area contributed by atoms with Gasteiger partial charge in [0, 0.05) is 24.5 Å². The van der Waals surface area contributed by atoms with Gasteiger partial charge in [0.05, 0.1) is 6.04 Å². The van der Waals surface area contributed by atoms with Gasteiger partial charge in [-0.2, -0.15) is 0 Å². The molecule has 1 unspecified atom stereocenters. The first-order valence-electron chi connectivity index (χ1n) is 6.73. The Balaban J connectivity index is 2.04. The van der Waals surface area contributed by atoms with Crippen LogP contribution in [-0.2, 0) is 4.79 Å². The Hall–Kier alpha value is -2.03. The molecule has 0 radical (unpaired) electrons. The number of amides is 1. The van der Waals surface area contributed by atoms with E-state index in [0.717, 1.165) is 17.7 Å². The molecule has 0 fully saturated rings. The molecule has 100 valence electrons. The van der Waals surface area contributed by atoms with E-state index in [9.17, 15) is 4.79 Å². The third-order valence-corrected chi connectivity index (χ3v) is 3.15. The second kappa shape index (κ2) is 6.23. The van der Waals surface area contributed by atoms with Crippen molar-refractivity contribution >= 4 is 5.91 Å². The summed E-state index contributed by atoms with van der Waals surface area (Å²) >= 11 is 0. The van der Waals surface area contributed by atoms with E-state index < -0.39 is 0 Å². The zero-order valence-corrected chi connectivity index (χ0v) is 11.5. The summed E-state index contributed by atoms with van der Waals surface area (Å²) in [5.41, 5.74) is 2.25. The first kappa shape index (κ1) is 13.4. The third-order valence-electron chi connectivity index (χ3n) is 3.15. The molecule has 0 bridgehead atoms. The van der Waals surface area contributed by atoms with E-state index in [0.29, 0.717) is 6.42 Å². The lowest BCUT2D eigenvalue weighted by atomic mass is 10.1. The van der Waals surface area contributed by atoms with Crippen molar-refractivity contribution in [2.45, 2.75) is 32.7 Å². The van der Waals surface area contributed by atoms with Crippen molar-refractivity contribution in [3.8, 4) is 5.69 Å². The number of rotatable bonds is 5. The van der Waals surface area contributed by atoms with Gasteiger partial charge in [0.25, 0.3) is 0 Å². The molecule has 0 aliphatic rings.